The third kappa shape index (κ3) is 2.60. The molecule has 1 aliphatic rings. The second-order valence-corrected chi connectivity index (χ2v) is 4.97. The largest absolute Gasteiger partial charge is 0.489 e. The fraction of sp³-hybridized carbons (Fsp3) is 0.312. The summed E-state index contributed by atoms with van der Waals surface area (Å²) >= 11 is 0. The minimum Gasteiger partial charge on any atom is -0.489 e. The second kappa shape index (κ2) is 5.51. The maximum atomic E-state index is 11.4. The maximum absolute atomic E-state index is 11.4. The van der Waals surface area contributed by atoms with E-state index in [9.17, 15) is 4.79 Å². The molecule has 0 unspecified atom stereocenters. The third-order valence-electron chi connectivity index (χ3n) is 3.60. The van der Waals surface area contributed by atoms with E-state index in [-0.39, 0.29) is 18.1 Å². The number of benzene rings is 2. The lowest BCUT2D eigenvalue weighted by Gasteiger charge is -2.13. The minimum atomic E-state index is -0.259. The lowest BCUT2D eigenvalue weighted by atomic mass is 10.1. The summed E-state index contributed by atoms with van der Waals surface area (Å²) < 4.78 is 10.7. The Bertz CT molecular complexity index is 626. The Hall–Kier alpha value is -2.07. The van der Waals surface area contributed by atoms with Crippen LogP contribution in [0.25, 0.3) is 10.8 Å². The molecule has 0 spiro atoms. The Morgan fingerprint density at radius 1 is 1.20 bits per heavy atom. The molecule has 1 saturated heterocycles. The molecule has 0 aromatic heterocycles. The summed E-state index contributed by atoms with van der Waals surface area (Å²) in [5.41, 5.74) is 0. The first-order chi connectivity index (χ1) is 9.76. The highest BCUT2D eigenvalue weighted by Crippen LogP contribution is 2.23. The second-order valence-electron chi connectivity index (χ2n) is 4.97. The predicted octanol–water partition coefficient (Wildman–Crippen LogP) is 2.12. The van der Waals surface area contributed by atoms with Crippen LogP contribution in [0.5, 0.6) is 5.75 Å². The summed E-state index contributed by atoms with van der Waals surface area (Å²) in [6.07, 6.45) is 0.639. The summed E-state index contributed by atoms with van der Waals surface area (Å²) in [6.45, 7) is 0.659. The van der Waals surface area contributed by atoms with Crippen molar-refractivity contribution < 1.29 is 14.3 Å². The molecule has 1 heterocycles. The fourth-order valence-electron chi connectivity index (χ4n) is 2.55. The molecule has 0 radical (unpaired) electrons. The van der Waals surface area contributed by atoms with Crippen LogP contribution >= 0.6 is 0 Å². The Morgan fingerprint density at radius 3 is 2.80 bits per heavy atom. The van der Waals surface area contributed by atoms with Crippen LogP contribution in [0, 0.1) is 0 Å². The van der Waals surface area contributed by atoms with Gasteiger partial charge in [0.15, 0.2) is 0 Å². The highest BCUT2D eigenvalue weighted by molar-refractivity contribution is 5.83. The molecule has 1 N–H and O–H groups in total. The van der Waals surface area contributed by atoms with Crippen LogP contribution in [-0.4, -0.2) is 31.8 Å². The number of esters is 1. The van der Waals surface area contributed by atoms with Gasteiger partial charge in [-0.15, -0.1) is 0 Å². The van der Waals surface area contributed by atoms with E-state index < -0.39 is 0 Å². The van der Waals surface area contributed by atoms with Crippen LogP contribution < -0.4 is 10.1 Å². The van der Waals surface area contributed by atoms with Crippen LogP contribution in [-0.2, 0) is 9.53 Å². The van der Waals surface area contributed by atoms with E-state index in [0.29, 0.717) is 13.0 Å². The first-order valence-electron chi connectivity index (χ1n) is 6.73. The molecule has 3 rings (SSSR count). The van der Waals surface area contributed by atoms with Crippen molar-refractivity contribution in [2.75, 3.05) is 13.7 Å². The summed E-state index contributed by atoms with van der Waals surface area (Å²) in [5.74, 6) is 0.607. The van der Waals surface area contributed by atoms with Gasteiger partial charge in [0.2, 0.25) is 0 Å². The van der Waals surface area contributed by atoms with Crippen molar-refractivity contribution in [3.8, 4) is 5.75 Å². The molecule has 104 valence electrons. The molecule has 1 fully saturated rings. The number of hydrogen-bond acceptors (Lipinski definition) is 4. The molecule has 20 heavy (non-hydrogen) atoms. The van der Waals surface area contributed by atoms with Gasteiger partial charge in [-0.25, -0.2) is 0 Å². The zero-order valence-electron chi connectivity index (χ0n) is 11.3. The molecule has 2 atom stereocenters. The van der Waals surface area contributed by atoms with E-state index >= 15 is 0 Å². The Morgan fingerprint density at radius 2 is 2.00 bits per heavy atom. The number of nitrogens with one attached hydrogen (secondary N) is 1. The molecule has 4 heteroatoms. The normalized spacial score (nSPS) is 21.9. The highest BCUT2D eigenvalue weighted by Gasteiger charge is 2.31. The average molecular weight is 271 g/mol. The van der Waals surface area contributed by atoms with Crippen LogP contribution in [0.4, 0.5) is 0 Å². The first-order valence-corrected chi connectivity index (χ1v) is 6.73. The lowest BCUT2D eigenvalue weighted by molar-refractivity contribution is -0.142. The number of methoxy groups -OCH3 is 1. The van der Waals surface area contributed by atoms with E-state index in [0.717, 1.165) is 11.1 Å². The van der Waals surface area contributed by atoms with Crippen molar-refractivity contribution in [2.45, 2.75) is 18.6 Å². The smallest absolute Gasteiger partial charge is 0.323 e. The van der Waals surface area contributed by atoms with Crippen LogP contribution in [0.1, 0.15) is 6.42 Å². The molecule has 0 bridgehead atoms. The van der Waals surface area contributed by atoms with Gasteiger partial charge in [0, 0.05) is 13.0 Å². The molecule has 0 saturated carbocycles. The highest BCUT2D eigenvalue weighted by atomic mass is 16.5. The number of carbonyl (C=O) groups excluding carboxylic acids is 1. The van der Waals surface area contributed by atoms with Gasteiger partial charge in [-0.05, 0) is 22.9 Å². The van der Waals surface area contributed by atoms with Gasteiger partial charge in [-0.3, -0.25) is 4.79 Å². The Kier molecular flexibility index (Phi) is 3.56. The quantitative estimate of drug-likeness (QED) is 0.869. The van der Waals surface area contributed by atoms with Gasteiger partial charge >= 0.3 is 5.97 Å². The van der Waals surface area contributed by atoms with Crippen molar-refractivity contribution in [1.29, 1.82) is 0 Å². The van der Waals surface area contributed by atoms with Gasteiger partial charge in [-0.2, -0.15) is 0 Å². The molecular weight excluding hydrogens is 254 g/mol. The minimum absolute atomic E-state index is 0.000243. The van der Waals surface area contributed by atoms with Gasteiger partial charge in [0.25, 0.3) is 0 Å². The molecule has 4 nitrogen and oxygen atoms in total. The first kappa shape index (κ1) is 12.9. The van der Waals surface area contributed by atoms with E-state index in [4.69, 9.17) is 9.47 Å². The number of rotatable bonds is 3. The van der Waals surface area contributed by atoms with E-state index in [1.54, 1.807) is 0 Å². The number of fused-ring (bicyclic) bond motifs is 1. The number of hydrogen-bond donors (Lipinski definition) is 1. The van der Waals surface area contributed by atoms with Crippen molar-refractivity contribution in [1.82, 2.24) is 5.32 Å². The van der Waals surface area contributed by atoms with E-state index in [1.807, 2.05) is 30.3 Å². The van der Waals surface area contributed by atoms with Crippen molar-refractivity contribution in [3.05, 3.63) is 42.5 Å². The van der Waals surface area contributed by atoms with Crippen molar-refractivity contribution in [3.63, 3.8) is 0 Å². The monoisotopic (exact) mass is 271 g/mol. The summed E-state index contributed by atoms with van der Waals surface area (Å²) in [5, 5.41) is 5.46. The number of carbonyl (C=O) groups is 1. The van der Waals surface area contributed by atoms with Crippen molar-refractivity contribution >= 4 is 16.7 Å². The maximum Gasteiger partial charge on any atom is 0.323 e. The number of ether oxygens (including phenoxy) is 2. The lowest BCUT2D eigenvalue weighted by Crippen LogP contribution is -2.31. The average Bonchev–Trinajstić information content (AvgIpc) is 2.95. The third-order valence-corrected chi connectivity index (χ3v) is 3.60. The topological polar surface area (TPSA) is 47.6 Å². The van der Waals surface area contributed by atoms with Gasteiger partial charge in [0.05, 0.1) is 7.11 Å². The molecule has 2 aromatic carbocycles. The van der Waals surface area contributed by atoms with E-state index in [1.165, 1.54) is 12.5 Å². The molecule has 0 amide bonds. The van der Waals surface area contributed by atoms with Crippen LogP contribution in [0.15, 0.2) is 42.5 Å². The fourth-order valence-corrected chi connectivity index (χ4v) is 2.55. The standard InChI is InChI=1S/C16H17NO3/c1-19-16(18)15-9-14(10-17-15)20-13-7-6-11-4-2-3-5-12(11)8-13/h2-8,14-15,17H,9-10H2,1H3/t14-,15+/m0/s1. The van der Waals surface area contributed by atoms with Crippen LogP contribution in [0.3, 0.4) is 0 Å². The summed E-state index contributed by atoms with van der Waals surface area (Å²) in [6, 6.07) is 13.9. The summed E-state index contributed by atoms with van der Waals surface area (Å²) in [4.78, 5) is 11.4. The molecule has 1 aliphatic heterocycles. The predicted molar refractivity (Wildman–Crippen MR) is 76.8 cm³/mol. The molecule has 2 aromatic rings. The molecular formula is C16H17NO3. The zero-order valence-corrected chi connectivity index (χ0v) is 11.3. The van der Waals surface area contributed by atoms with Gasteiger partial charge < -0.3 is 14.8 Å². The summed E-state index contributed by atoms with van der Waals surface area (Å²) in [7, 11) is 1.40. The van der Waals surface area contributed by atoms with Crippen molar-refractivity contribution in [2.24, 2.45) is 0 Å². The van der Waals surface area contributed by atoms with Gasteiger partial charge in [-0.1, -0.05) is 30.3 Å². The Balaban J connectivity index is 1.69. The van der Waals surface area contributed by atoms with Crippen LogP contribution in [0.2, 0.25) is 0 Å². The Labute approximate surface area is 117 Å². The van der Waals surface area contributed by atoms with E-state index in [2.05, 4.69) is 17.4 Å². The van der Waals surface area contributed by atoms with Gasteiger partial charge in [0.1, 0.15) is 17.9 Å². The zero-order chi connectivity index (χ0) is 13.9. The SMILES string of the molecule is COC(=O)[C@H]1C[C@H](Oc2ccc3ccccc3c2)CN1. The molecule has 0 aliphatic carbocycles.